The third kappa shape index (κ3) is 1.79. The Morgan fingerprint density at radius 1 is 1.36 bits per heavy atom. The number of hydrogen-bond donors (Lipinski definition) is 0. The molecule has 0 amide bonds. The number of rotatable bonds is 1. The van der Waals surface area contributed by atoms with Crippen LogP contribution in [0.1, 0.15) is 27.7 Å². The fraction of sp³-hybridized carbons (Fsp3) is 0.875. The highest BCUT2D eigenvalue weighted by Crippen LogP contribution is 2.27. The maximum atomic E-state index is 10.9. The Morgan fingerprint density at radius 2 is 1.91 bits per heavy atom. The maximum absolute atomic E-state index is 10.9. The molecule has 11 heavy (non-hydrogen) atoms. The van der Waals surface area contributed by atoms with Gasteiger partial charge in [0.25, 0.3) is 0 Å². The third-order valence-electron chi connectivity index (χ3n) is 1.71. The van der Waals surface area contributed by atoms with Crippen molar-refractivity contribution in [2.24, 2.45) is 0 Å². The Hall–Kier alpha value is -0.410. The van der Waals surface area contributed by atoms with Crippen LogP contribution >= 0.6 is 0 Å². The van der Waals surface area contributed by atoms with Gasteiger partial charge >= 0.3 is 0 Å². The van der Waals surface area contributed by atoms with Gasteiger partial charge in [-0.2, -0.15) is 0 Å². The average molecular weight is 158 g/mol. The van der Waals surface area contributed by atoms with E-state index in [1.54, 1.807) is 0 Å². The second-order valence-electron chi connectivity index (χ2n) is 3.37. The lowest BCUT2D eigenvalue weighted by Crippen LogP contribution is -2.27. The van der Waals surface area contributed by atoms with Crippen molar-refractivity contribution in [1.29, 1.82) is 0 Å². The first-order valence-electron chi connectivity index (χ1n) is 3.78. The molecule has 0 aromatic carbocycles. The van der Waals surface area contributed by atoms with Gasteiger partial charge in [0.1, 0.15) is 6.10 Å². The molecule has 1 aliphatic rings. The van der Waals surface area contributed by atoms with E-state index >= 15 is 0 Å². The summed E-state index contributed by atoms with van der Waals surface area (Å²) in [6, 6.07) is 0. The van der Waals surface area contributed by atoms with Crippen LogP contribution in [-0.2, 0) is 14.3 Å². The lowest BCUT2D eigenvalue weighted by atomic mass is 10.2. The van der Waals surface area contributed by atoms with E-state index in [0.717, 1.165) is 0 Å². The summed E-state index contributed by atoms with van der Waals surface area (Å²) in [5.74, 6) is -0.571. The zero-order valence-electron chi connectivity index (χ0n) is 7.38. The lowest BCUT2D eigenvalue weighted by Gasteiger charge is -2.15. The van der Waals surface area contributed by atoms with Gasteiger partial charge in [-0.1, -0.05) is 0 Å². The van der Waals surface area contributed by atoms with Crippen LogP contribution < -0.4 is 0 Å². The van der Waals surface area contributed by atoms with E-state index in [1.807, 2.05) is 20.8 Å². The van der Waals surface area contributed by atoms with E-state index in [9.17, 15) is 4.79 Å². The van der Waals surface area contributed by atoms with Gasteiger partial charge in [-0.3, -0.25) is 4.79 Å². The molecule has 0 radical (unpaired) electrons. The first-order chi connectivity index (χ1) is 4.92. The molecular weight excluding hydrogens is 144 g/mol. The molecule has 64 valence electrons. The first kappa shape index (κ1) is 8.68. The summed E-state index contributed by atoms with van der Waals surface area (Å²) in [6.07, 6.45) is -0.507. The fourth-order valence-electron chi connectivity index (χ4n) is 1.35. The number of Topliss-reactive ketones (excluding diaryl/α,β-unsaturated/α-hetero) is 1. The van der Waals surface area contributed by atoms with Crippen LogP contribution in [0.15, 0.2) is 0 Å². The summed E-state index contributed by atoms with van der Waals surface area (Å²) >= 11 is 0. The largest absolute Gasteiger partial charge is 0.344 e. The van der Waals surface area contributed by atoms with Crippen molar-refractivity contribution in [3.8, 4) is 0 Å². The quantitative estimate of drug-likeness (QED) is 0.573. The minimum atomic E-state index is -0.601. The van der Waals surface area contributed by atoms with Gasteiger partial charge in [0.2, 0.25) is 0 Å². The number of ketones is 1. The van der Waals surface area contributed by atoms with Gasteiger partial charge in [0.15, 0.2) is 11.6 Å². The van der Waals surface area contributed by atoms with Crippen LogP contribution in [0.5, 0.6) is 0 Å². The molecule has 0 aromatic heterocycles. The van der Waals surface area contributed by atoms with Crippen LogP contribution in [0, 0.1) is 0 Å². The van der Waals surface area contributed by atoms with Crippen molar-refractivity contribution in [2.45, 2.75) is 45.7 Å². The van der Waals surface area contributed by atoms with E-state index in [-0.39, 0.29) is 18.0 Å². The highest BCUT2D eigenvalue weighted by Gasteiger charge is 2.40. The molecule has 0 bridgehead atoms. The summed E-state index contributed by atoms with van der Waals surface area (Å²) in [7, 11) is 0. The number of hydrogen-bond acceptors (Lipinski definition) is 3. The van der Waals surface area contributed by atoms with E-state index in [4.69, 9.17) is 9.47 Å². The van der Waals surface area contributed by atoms with Crippen LogP contribution in [0.2, 0.25) is 0 Å². The fourth-order valence-corrected chi connectivity index (χ4v) is 1.35. The van der Waals surface area contributed by atoms with Gasteiger partial charge in [-0.05, 0) is 27.7 Å². The molecule has 3 nitrogen and oxygen atoms in total. The summed E-state index contributed by atoms with van der Waals surface area (Å²) < 4.78 is 10.7. The summed E-state index contributed by atoms with van der Waals surface area (Å²) in [5.41, 5.74) is 0. The zero-order valence-corrected chi connectivity index (χ0v) is 7.38. The predicted octanol–water partition coefficient (Wildman–Crippen LogP) is 1.12. The van der Waals surface area contributed by atoms with Gasteiger partial charge in [0, 0.05) is 0 Å². The van der Waals surface area contributed by atoms with Crippen molar-refractivity contribution in [2.75, 3.05) is 0 Å². The molecule has 2 atom stereocenters. The molecule has 1 rings (SSSR count). The number of carbonyl (C=O) groups excluding carboxylic acids is 1. The van der Waals surface area contributed by atoms with Crippen LogP contribution in [0.3, 0.4) is 0 Å². The second kappa shape index (κ2) is 2.57. The van der Waals surface area contributed by atoms with Gasteiger partial charge in [-0.25, -0.2) is 0 Å². The molecule has 0 N–H and O–H groups in total. The van der Waals surface area contributed by atoms with Crippen molar-refractivity contribution >= 4 is 5.78 Å². The normalized spacial score (nSPS) is 35.6. The Morgan fingerprint density at radius 3 is 2.09 bits per heavy atom. The molecule has 1 aliphatic heterocycles. The second-order valence-corrected chi connectivity index (χ2v) is 3.37. The highest BCUT2D eigenvalue weighted by molar-refractivity contribution is 5.81. The predicted molar refractivity (Wildman–Crippen MR) is 40.2 cm³/mol. The Kier molecular flexibility index (Phi) is 2.03. The maximum Gasteiger partial charge on any atom is 0.164 e. The molecule has 0 unspecified atom stereocenters. The topological polar surface area (TPSA) is 35.5 Å². The molecule has 3 heteroatoms. The molecule has 0 aliphatic carbocycles. The average Bonchev–Trinajstić information content (AvgIpc) is 2.05. The van der Waals surface area contributed by atoms with Crippen LogP contribution in [0.4, 0.5) is 0 Å². The van der Waals surface area contributed by atoms with Crippen molar-refractivity contribution < 1.29 is 14.3 Å². The zero-order chi connectivity index (χ0) is 8.65. The molecule has 1 heterocycles. The van der Waals surface area contributed by atoms with E-state index in [0.29, 0.717) is 0 Å². The number of carbonyl (C=O) groups is 1. The molecule has 1 fully saturated rings. The van der Waals surface area contributed by atoms with Gasteiger partial charge in [-0.15, -0.1) is 0 Å². The molecule has 0 spiro atoms. The molecular formula is C8H14O3. The highest BCUT2D eigenvalue weighted by atomic mass is 16.8. The van der Waals surface area contributed by atoms with Crippen molar-refractivity contribution in [3.63, 3.8) is 0 Å². The summed E-state index contributed by atoms with van der Waals surface area (Å²) in [6.45, 7) is 6.99. The standard InChI is InChI=1S/C8H14O3/c1-5(9)7-6(2)10-8(3,4)11-7/h6-7H,1-4H3/t6-,7+/m0/s1. The summed E-state index contributed by atoms with van der Waals surface area (Å²) in [5, 5.41) is 0. The number of ether oxygens (including phenoxy) is 2. The van der Waals surface area contributed by atoms with Crippen LogP contribution in [0.25, 0.3) is 0 Å². The van der Waals surface area contributed by atoms with Gasteiger partial charge < -0.3 is 9.47 Å². The van der Waals surface area contributed by atoms with Crippen LogP contribution in [-0.4, -0.2) is 23.8 Å². The SMILES string of the molecule is CC(=O)[C@H]1OC(C)(C)O[C@H]1C. The van der Waals surface area contributed by atoms with Crippen molar-refractivity contribution in [3.05, 3.63) is 0 Å². The Labute approximate surface area is 66.7 Å². The lowest BCUT2D eigenvalue weighted by molar-refractivity contribution is -0.153. The Bertz CT molecular complexity index is 174. The minimum Gasteiger partial charge on any atom is -0.344 e. The van der Waals surface area contributed by atoms with Crippen molar-refractivity contribution in [1.82, 2.24) is 0 Å². The minimum absolute atomic E-state index is 0.0306. The monoisotopic (exact) mass is 158 g/mol. The third-order valence-corrected chi connectivity index (χ3v) is 1.71. The van der Waals surface area contributed by atoms with Gasteiger partial charge in [0.05, 0.1) is 6.10 Å². The smallest absolute Gasteiger partial charge is 0.164 e. The Balaban J connectivity index is 2.66. The van der Waals surface area contributed by atoms with E-state index in [1.165, 1.54) is 6.92 Å². The van der Waals surface area contributed by atoms with E-state index < -0.39 is 5.79 Å². The molecule has 1 saturated heterocycles. The first-order valence-corrected chi connectivity index (χ1v) is 3.78. The molecule has 0 saturated carbocycles. The molecule has 0 aromatic rings. The summed E-state index contributed by atoms with van der Waals surface area (Å²) in [4.78, 5) is 10.9. The van der Waals surface area contributed by atoms with E-state index in [2.05, 4.69) is 0 Å².